The molecule has 7 aromatic rings. The molecule has 0 aromatic carbocycles. The summed E-state index contributed by atoms with van der Waals surface area (Å²) in [6.45, 7) is 31.2. The summed E-state index contributed by atoms with van der Waals surface area (Å²) in [5, 5.41) is 7.85. The first-order valence-corrected chi connectivity index (χ1v) is 35.3. The molecule has 23 nitrogen and oxygen atoms in total. The van der Waals surface area contributed by atoms with Crippen molar-refractivity contribution in [1.82, 2.24) is 60.6 Å². The maximum absolute atomic E-state index is 11.8. The van der Waals surface area contributed by atoms with E-state index in [1.807, 2.05) is 200 Å². The van der Waals surface area contributed by atoms with Gasteiger partial charge in [0.15, 0.2) is 11.9 Å². The third-order valence-electron chi connectivity index (χ3n) is 12.9. The maximum atomic E-state index is 11.8. The number of aromatic nitrogens is 7. The average Bonchev–Trinajstić information content (AvgIpc) is 1.10. The van der Waals surface area contributed by atoms with Crippen molar-refractivity contribution in [3.05, 3.63) is 211 Å². The van der Waals surface area contributed by atoms with E-state index in [2.05, 4.69) is 86.3 Å². The number of pyridine rings is 7. The summed E-state index contributed by atoms with van der Waals surface area (Å²) < 4.78 is 10.2. The van der Waals surface area contributed by atoms with Crippen LogP contribution in [0.2, 0.25) is 0 Å². The van der Waals surface area contributed by atoms with Crippen LogP contribution in [-0.2, 0) is 64.0 Å². The van der Waals surface area contributed by atoms with E-state index in [1.54, 1.807) is 19.3 Å². The lowest BCUT2D eigenvalue weighted by atomic mass is 9.93. The number of alkyl carbamates (subject to hydrolysis) is 2. The summed E-state index contributed by atoms with van der Waals surface area (Å²) in [5.41, 5.74) is 27.0. The third-order valence-corrected chi connectivity index (χ3v) is 13.7. The normalized spacial score (nSPS) is 10.3. The Bertz CT molecular complexity index is 2920. The lowest BCUT2D eigenvalue weighted by molar-refractivity contribution is -0.388. The molecule has 0 spiro atoms. The lowest BCUT2D eigenvalue weighted by Crippen LogP contribution is -3.00. The fraction of sp³-hybridized carbons (Fsp3) is 0.473. The number of amides is 3. The molecule has 0 fully saturated rings. The number of halogens is 4. The van der Waals surface area contributed by atoms with E-state index in [1.165, 1.54) is 19.6 Å². The summed E-state index contributed by atoms with van der Waals surface area (Å²) in [6, 6.07) is 41.4. The molecule has 7 heterocycles. The summed E-state index contributed by atoms with van der Waals surface area (Å²) in [5.74, 6) is 0.735. The molecular formula is C74H115Cl4N17O6. The minimum absolute atomic E-state index is 0. The van der Waals surface area contributed by atoms with E-state index in [9.17, 15) is 19.2 Å². The number of alkyl halides is 2. The van der Waals surface area contributed by atoms with Crippen molar-refractivity contribution < 1.29 is 46.0 Å². The molecule has 0 unspecified atom stereocenters. The Morgan fingerprint density at radius 2 is 0.832 bits per heavy atom. The van der Waals surface area contributed by atoms with Crippen LogP contribution in [-0.4, -0.2) is 164 Å². The minimum atomic E-state index is -0.481. The van der Waals surface area contributed by atoms with Gasteiger partial charge in [0.1, 0.15) is 23.0 Å². The second-order valence-corrected chi connectivity index (χ2v) is 24.7. The summed E-state index contributed by atoms with van der Waals surface area (Å²) in [4.78, 5) is 79.5. The van der Waals surface area contributed by atoms with Crippen LogP contribution >= 0.6 is 34.8 Å². The molecule has 0 atom stereocenters. The molecule has 0 aliphatic heterocycles. The highest BCUT2D eigenvalue weighted by atomic mass is 35.5. The number of hydrogen-bond donors (Lipinski definition) is 7. The number of ether oxygens (including phenoxy) is 2. The quantitative estimate of drug-likeness (QED) is 0.0180. The van der Waals surface area contributed by atoms with E-state index >= 15 is 0 Å². The number of nitrogens with one attached hydrogen (secondary N) is 4. The van der Waals surface area contributed by atoms with Crippen LogP contribution in [0.1, 0.15) is 122 Å². The van der Waals surface area contributed by atoms with Crippen LogP contribution in [0.4, 0.5) is 9.59 Å². The van der Waals surface area contributed by atoms with Crippen LogP contribution < -0.4 is 56.3 Å². The van der Waals surface area contributed by atoms with Crippen molar-refractivity contribution in [2.75, 3.05) is 84.4 Å². The lowest BCUT2D eigenvalue weighted by Gasteiger charge is -2.21. The van der Waals surface area contributed by atoms with E-state index in [-0.39, 0.29) is 35.5 Å². The summed E-state index contributed by atoms with van der Waals surface area (Å²) in [7, 11) is 0. The van der Waals surface area contributed by atoms with Gasteiger partial charge < -0.3 is 65.7 Å². The number of hydrogen-bond acceptors (Lipinski definition) is 19. The van der Waals surface area contributed by atoms with E-state index < -0.39 is 17.3 Å². The molecule has 0 aliphatic rings. The molecule has 0 bridgehead atoms. The molecule has 3 amide bonds. The van der Waals surface area contributed by atoms with Gasteiger partial charge in [-0.25, -0.2) is 14.6 Å². The predicted molar refractivity (Wildman–Crippen MR) is 405 cm³/mol. The Kier molecular flexibility index (Phi) is 59.1. The van der Waals surface area contributed by atoms with Gasteiger partial charge in [-0.2, -0.15) is 0 Å². The molecule has 0 aliphatic carbocycles. The molecule has 12 N–H and O–H groups in total. The minimum Gasteiger partial charge on any atom is -1.00 e. The predicted octanol–water partition coefficient (Wildman–Crippen LogP) is 7.19. The second-order valence-electron chi connectivity index (χ2n) is 23.8. The Morgan fingerprint density at radius 1 is 0.475 bits per heavy atom. The Morgan fingerprint density at radius 3 is 1.09 bits per heavy atom. The van der Waals surface area contributed by atoms with Gasteiger partial charge in [0.2, 0.25) is 11.1 Å². The largest absolute Gasteiger partial charge is 1.00 e. The standard InChI is InChI=1S/C20H27N3O2.C16H19ClN4O.C14H18N4.C7H16N2O2.C6H6ClN.C6H15N.C3H5ClO.C2H8N2.ClH/c1-20(2,3)25-19(24)23-13-10-16(14-17-8-4-6-11-21-17)15-18-9-5-7-12-22-18;17-11-16(22)20-9-10-21(12-14-5-1-3-7-18-14)13-15-6-2-4-8-19-15;15-7-10-18(11-13-5-1-3-8-16-13)12-14-6-2-4-9-17-14;1-7(2,3)11-6(10)9-5-4-8;7-5-6-3-1-2-4-8-6;1-4-7(5-2)6-3;1-2-3(4)5;3-1-2-4;/h4-9,11-12,16H,10,13-15H2,1-3H3,(H,23,24);1-8H,9-13H2,(H,20,22);1-6,8-9H,7,10-12,15H2;4-5,8H2,1-3H3,(H,9,10);1-4H,5H2;4-6H2,1-3H3;2H2,1H3;1-4H2;1H. The van der Waals surface area contributed by atoms with Crippen molar-refractivity contribution in [3.8, 4) is 0 Å². The molecule has 7 aromatic heterocycles. The number of H-pyrrole nitrogens is 1. The zero-order chi connectivity index (χ0) is 74.5. The first kappa shape index (κ1) is 95.7. The zero-order valence-corrected chi connectivity index (χ0v) is 64.1. The Hall–Kier alpha value is -7.39. The number of rotatable bonds is 29. The van der Waals surface area contributed by atoms with Crippen molar-refractivity contribution in [2.24, 2.45) is 28.9 Å². The molecule has 0 saturated carbocycles. The number of nitrogens with two attached hydrogens (primary N) is 4. The third kappa shape index (κ3) is 57.9. The maximum Gasteiger partial charge on any atom is 0.407 e. The first-order valence-electron chi connectivity index (χ1n) is 33.8. The molecule has 0 saturated heterocycles. The highest BCUT2D eigenvalue weighted by Crippen LogP contribution is 2.17. The first-order chi connectivity index (χ1) is 48.0. The van der Waals surface area contributed by atoms with Crippen LogP contribution in [0.3, 0.4) is 0 Å². The van der Waals surface area contributed by atoms with Crippen LogP contribution in [0.25, 0.3) is 0 Å². The van der Waals surface area contributed by atoms with Crippen molar-refractivity contribution >= 4 is 58.1 Å². The van der Waals surface area contributed by atoms with Crippen LogP contribution in [0.15, 0.2) is 171 Å². The van der Waals surface area contributed by atoms with Gasteiger partial charge in [-0.1, -0.05) is 70.2 Å². The molecular weight excluding hydrogens is 1360 g/mol. The molecule has 27 heteroatoms. The van der Waals surface area contributed by atoms with Crippen molar-refractivity contribution in [2.45, 2.75) is 138 Å². The molecule has 101 heavy (non-hydrogen) atoms. The number of aromatic amines is 1. The smallest absolute Gasteiger partial charge is 0.407 e. The molecule has 0 radical (unpaired) electrons. The van der Waals surface area contributed by atoms with Crippen molar-refractivity contribution in [1.29, 1.82) is 0 Å². The average molecular weight is 1480 g/mol. The number of carbonyl (C=O) groups excluding carboxylic acids is 4. The summed E-state index contributed by atoms with van der Waals surface area (Å²) >= 11 is 15.8. The van der Waals surface area contributed by atoms with E-state index in [4.69, 9.17) is 67.2 Å². The second kappa shape index (κ2) is 62.4. The van der Waals surface area contributed by atoms with Crippen molar-refractivity contribution in [3.63, 3.8) is 0 Å². The van der Waals surface area contributed by atoms with Crippen LogP contribution in [0, 0.1) is 5.92 Å². The van der Waals surface area contributed by atoms with Gasteiger partial charge in [0.05, 0.1) is 22.8 Å². The topological polar surface area (TPSA) is 328 Å². The van der Waals surface area contributed by atoms with E-state index in [0.717, 1.165) is 78.8 Å². The van der Waals surface area contributed by atoms with Gasteiger partial charge in [-0.15, -0.1) is 23.2 Å². The van der Waals surface area contributed by atoms with Crippen LogP contribution in [0.5, 0.6) is 0 Å². The fourth-order valence-corrected chi connectivity index (χ4v) is 8.43. The monoisotopic (exact) mass is 1480 g/mol. The Balaban J connectivity index is 0. The fourth-order valence-electron chi connectivity index (χ4n) is 8.17. The van der Waals surface area contributed by atoms with Gasteiger partial charge in [0, 0.05) is 152 Å². The summed E-state index contributed by atoms with van der Waals surface area (Å²) in [6.07, 6.45) is 14.9. The number of carbonyl (C=O) groups is 4. The van der Waals surface area contributed by atoms with E-state index in [0.29, 0.717) is 83.7 Å². The molecule has 7 rings (SSSR count). The number of nitrogens with zero attached hydrogens (tertiary/aromatic N) is 9. The SMILES string of the molecule is CC(C)(C)OC(=O)NCCC(Cc1ccccn1)Cc1ccccn1.CC(C)(C)OC(=O)NCCN.CCC(=O)Cl.CCN(CC)CC.ClCc1cccc[nH+]1.NCCN.NCCN(Cc1ccccn1)Cc1ccccn1.O=C(CCl)NCCN(Cc1ccccn1)Cc1ccccn1.[Cl-]. The van der Waals surface area contributed by atoms with Gasteiger partial charge in [0.25, 0.3) is 0 Å². The zero-order valence-electron chi connectivity index (χ0n) is 61.1. The molecule has 560 valence electrons. The Labute approximate surface area is 623 Å². The van der Waals surface area contributed by atoms with Gasteiger partial charge in [-0.3, -0.25) is 49.3 Å². The van der Waals surface area contributed by atoms with Gasteiger partial charge in [-0.05, 0) is 171 Å². The highest BCUT2D eigenvalue weighted by molar-refractivity contribution is 6.63. The van der Waals surface area contributed by atoms with Gasteiger partial charge >= 0.3 is 12.2 Å². The highest BCUT2D eigenvalue weighted by Gasteiger charge is 2.19.